The number of aromatic carboxylic acids is 1. The lowest BCUT2D eigenvalue weighted by atomic mass is 10.2. The topological polar surface area (TPSA) is 164 Å². The first-order chi connectivity index (χ1) is 7.77. The van der Waals surface area contributed by atoms with Gasteiger partial charge in [-0.1, -0.05) is 18.2 Å². The third-order valence-corrected chi connectivity index (χ3v) is 1.02. The third-order valence-electron chi connectivity index (χ3n) is 1.02. The number of carboxylic acids is 1. The zero-order valence-corrected chi connectivity index (χ0v) is 8.16. The van der Waals surface area contributed by atoms with Crippen molar-refractivity contribution in [2.45, 2.75) is 0 Å². The first-order valence-corrected chi connectivity index (χ1v) is 3.72. The van der Waals surface area contributed by atoms with Crippen LogP contribution in [0.15, 0.2) is 30.3 Å². The predicted molar refractivity (Wildman–Crippen MR) is 51.0 cm³/mol. The van der Waals surface area contributed by atoms with Crippen LogP contribution in [0.4, 0.5) is 0 Å². The number of rotatable bonds is 1. The lowest BCUT2D eigenvalue weighted by Gasteiger charge is -1.88. The molecular weight excluding hydrogens is 240 g/mol. The Bertz CT molecular complexity index is 345. The number of hydrogen-bond donors (Lipinski definition) is 3. The number of benzene rings is 1. The van der Waals surface area contributed by atoms with Crippen molar-refractivity contribution >= 4 is 5.97 Å². The smallest absolute Gasteiger partial charge is 0.335 e. The molecule has 0 aliphatic heterocycles. The second-order valence-electron chi connectivity index (χ2n) is 2.15. The van der Waals surface area contributed by atoms with Gasteiger partial charge in [0.15, 0.2) is 0 Å². The molecule has 0 aliphatic carbocycles. The van der Waals surface area contributed by atoms with Crippen LogP contribution in [0.3, 0.4) is 0 Å². The average molecular weight is 248 g/mol. The zero-order valence-electron chi connectivity index (χ0n) is 8.16. The molecule has 0 fully saturated rings. The first-order valence-electron chi connectivity index (χ1n) is 3.72. The van der Waals surface area contributed by atoms with Crippen LogP contribution in [0.5, 0.6) is 0 Å². The van der Waals surface area contributed by atoms with E-state index in [1.165, 1.54) is 0 Å². The Labute approximate surface area is 93.6 Å². The molecule has 10 heteroatoms. The quantitative estimate of drug-likeness (QED) is 0.482. The molecule has 0 aromatic heterocycles. The minimum Gasteiger partial charge on any atom is -0.478 e. The van der Waals surface area contributed by atoms with E-state index < -0.39 is 16.1 Å². The molecule has 17 heavy (non-hydrogen) atoms. The maximum atomic E-state index is 10.2. The Balaban J connectivity index is 0. The maximum absolute atomic E-state index is 10.2. The molecule has 3 N–H and O–H groups in total. The van der Waals surface area contributed by atoms with Gasteiger partial charge in [0.05, 0.1) is 5.56 Å². The van der Waals surface area contributed by atoms with Gasteiger partial charge in [0, 0.05) is 0 Å². The van der Waals surface area contributed by atoms with E-state index in [4.69, 9.17) is 35.7 Å². The van der Waals surface area contributed by atoms with Gasteiger partial charge >= 0.3 is 5.97 Å². The number of hydrogen-bond acceptors (Lipinski definition) is 5. The Morgan fingerprint density at radius 1 is 1.00 bits per heavy atom. The highest BCUT2D eigenvalue weighted by atomic mass is 16.9. The van der Waals surface area contributed by atoms with Crippen LogP contribution in [0.25, 0.3) is 0 Å². The van der Waals surface area contributed by atoms with Crippen molar-refractivity contribution < 1.29 is 30.5 Å². The zero-order chi connectivity index (χ0) is 13.8. The van der Waals surface area contributed by atoms with Crippen molar-refractivity contribution in [2.75, 3.05) is 0 Å². The summed E-state index contributed by atoms with van der Waals surface area (Å²) in [4.78, 5) is 26.9. The number of carbonyl (C=O) groups is 1. The van der Waals surface area contributed by atoms with Crippen LogP contribution < -0.4 is 0 Å². The molecule has 1 aromatic carbocycles. The van der Waals surface area contributed by atoms with Crippen LogP contribution in [0.2, 0.25) is 0 Å². The summed E-state index contributed by atoms with van der Waals surface area (Å²) in [6.45, 7) is 0. The van der Waals surface area contributed by atoms with Gasteiger partial charge in [-0.2, -0.15) is 0 Å². The largest absolute Gasteiger partial charge is 0.478 e. The first kappa shape index (κ1) is 16.5. The second kappa shape index (κ2) is 9.64. The van der Waals surface area contributed by atoms with Crippen molar-refractivity contribution in [3.8, 4) is 0 Å². The lowest BCUT2D eigenvalue weighted by Crippen LogP contribution is -1.93. The van der Waals surface area contributed by atoms with Crippen LogP contribution in [0, 0.1) is 20.2 Å². The molecule has 0 spiro atoms. The Morgan fingerprint density at radius 3 is 1.47 bits per heavy atom. The van der Waals surface area contributed by atoms with E-state index in [0.29, 0.717) is 5.56 Å². The summed E-state index contributed by atoms with van der Waals surface area (Å²) < 4.78 is 0. The van der Waals surface area contributed by atoms with Gasteiger partial charge in [0.2, 0.25) is 0 Å². The summed E-state index contributed by atoms with van der Waals surface area (Å²) in [5.41, 5.74) is 0.331. The SMILES string of the molecule is O=C(O)c1ccccc1.O=[N+]([O-])O.O=[N+]([O-])O. The number of carboxylic acid groups (broad SMARTS) is 1. The van der Waals surface area contributed by atoms with Crippen LogP contribution in [0.1, 0.15) is 10.4 Å². The van der Waals surface area contributed by atoms with Crippen molar-refractivity contribution in [1.82, 2.24) is 0 Å². The van der Waals surface area contributed by atoms with Gasteiger partial charge in [0.25, 0.3) is 10.2 Å². The molecule has 1 aromatic rings. The minimum atomic E-state index is -1.50. The summed E-state index contributed by atoms with van der Waals surface area (Å²) >= 11 is 0. The summed E-state index contributed by atoms with van der Waals surface area (Å²) in [6, 6.07) is 8.30. The summed E-state index contributed by atoms with van der Waals surface area (Å²) in [7, 11) is 0. The fraction of sp³-hybridized carbons (Fsp3) is 0. The Hall–Kier alpha value is -2.91. The molecule has 1 rings (SSSR count). The van der Waals surface area contributed by atoms with E-state index in [2.05, 4.69) is 0 Å². The third kappa shape index (κ3) is 19.5. The summed E-state index contributed by atoms with van der Waals surface area (Å²) in [6.07, 6.45) is 0. The maximum Gasteiger partial charge on any atom is 0.335 e. The molecule has 0 heterocycles. The normalized spacial score (nSPS) is 7.53. The van der Waals surface area contributed by atoms with Gasteiger partial charge < -0.3 is 15.5 Å². The molecule has 94 valence electrons. The van der Waals surface area contributed by atoms with Crippen LogP contribution >= 0.6 is 0 Å². The summed E-state index contributed by atoms with van der Waals surface area (Å²) in [5, 5.41) is 35.7. The van der Waals surface area contributed by atoms with E-state index in [9.17, 15) is 4.79 Å². The lowest BCUT2D eigenvalue weighted by molar-refractivity contribution is -0.742. The molecule has 0 bridgehead atoms. The average Bonchev–Trinajstić information content (AvgIpc) is 2.17. The highest BCUT2D eigenvalue weighted by Crippen LogP contribution is 1.96. The van der Waals surface area contributed by atoms with Crippen molar-refractivity contribution in [3.63, 3.8) is 0 Å². The van der Waals surface area contributed by atoms with Crippen LogP contribution in [-0.4, -0.2) is 31.7 Å². The van der Waals surface area contributed by atoms with E-state index >= 15 is 0 Å². The van der Waals surface area contributed by atoms with Crippen molar-refractivity contribution in [1.29, 1.82) is 0 Å². The molecule has 0 radical (unpaired) electrons. The van der Waals surface area contributed by atoms with Crippen molar-refractivity contribution in [3.05, 3.63) is 56.1 Å². The molecule has 10 nitrogen and oxygen atoms in total. The molecule has 0 saturated heterocycles. The Kier molecular flexibility index (Phi) is 9.36. The summed E-state index contributed by atoms with van der Waals surface area (Å²) in [5.74, 6) is -0.879. The second-order valence-corrected chi connectivity index (χ2v) is 2.15. The molecule has 0 unspecified atom stereocenters. The molecule has 0 aliphatic rings. The highest BCUT2D eigenvalue weighted by Gasteiger charge is 1.96. The minimum absolute atomic E-state index is 0.331. The van der Waals surface area contributed by atoms with Gasteiger partial charge in [-0.05, 0) is 12.1 Å². The van der Waals surface area contributed by atoms with E-state index in [-0.39, 0.29) is 0 Å². The van der Waals surface area contributed by atoms with Gasteiger partial charge in [-0.15, -0.1) is 20.2 Å². The molecule has 0 amide bonds. The van der Waals surface area contributed by atoms with Gasteiger partial charge in [0.1, 0.15) is 0 Å². The Morgan fingerprint density at radius 2 is 1.29 bits per heavy atom. The molecule has 0 saturated carbocycles. The molecule has 0 atom stereocenters. The van der Waals surface area contributed by atoms with E-state index in [1.54, 1.807) is 30.3 Å². The van der Waals surface area contributed by atoms with Gasteiger partial charge in [-0.3, -0.25) is 0 Å². The highest BCUT2D eigenvalue weighted by molar-refractivity contribution is 5.87. The van der Waals surface area contributed by atoms with Crippen molar-refractivity contribution in [2.24, 2.45) is 0 Å². The fourth-order valence-electron chi connectivity index (χ4n) is 0.581. The van der Waals surface area contributed by atoms with E-state index in [0.717, 1.165) is 0 Å². The predicted octanol–water partition coefficient (Wildman–Crippen LogP) is 0.689. The monoisotopic (exact) mass is 248 g/mol. The standard InChI is InChI=1S/C7H6O2.2HNO3/c8-7(9)6-4-2-1-3-5-6;2*2-1(3)4/h1-5H,(H,8,9);2*(H,2,3,4). The fourth-order valence-corrected chi connectivity index (χ4v) is 0.581. The van der Waals surface area contributed by atoms with Gasteiger partial charge in [-0.25, -0.2) is 4.79 Å². The van der Waals surface area contributed by atoms with E-state index in [1.807, 2.05) is 0 Å². The number of nitrogens with zero attached hydrogens (tertiary/aromatic N) is 2. The molecular formula is C7H8N2O8. The van der Waals surface area contributed by atoms with Crippen LogP contribution in [-0.2, 0) is 0 Å².